The van der Waals surface area contributed by atoms with E-state index in [2.05, 4.69) is 15.2 Å². The van der Waals surface area contributed by atoms with E-state index in [1.165, 1.54) is 0 Å². The van der Waals surface area contributed by atoms with E-state index in [-0.39, 0.29) is 24.3 Å². The monoisotopic (exact) mass is 422 g/mol. The van der Waals surface area contributed by atoms with Gasteiger partial charge >= 0.3 is 5.97 Å². The van der Waals surface area contributed by atoms with Crippen LogP contribution in [0.5, 0.6) is 0 Å². The molecule has 1 aliphatic rings. The smallest absolute Gasteiger partial charge is 0.335 e. The zero-order valence-electron chi connectivity index (χ0n) is 16.2. The quantitative estimate of drug-likeness (QED) is 0.504. The van der Waals surface area contributed by atoms with Crippen molar-refractivity contribution < 1.29 is 15.0 Å². The Morgan fingerprint density at radius 2 is 2.03 bits per heavy atom. The van der Waals surface area contributed by atoms with Gasteiger partial charge in [0.15, 0.2) is 5.11 Å². The second-order valence-electron chi connectivity index (χ2n) is 7.06. The first-order valence-electron chi connectivity index (χ1n) is 9.70. The van der Waals surface area contributed by atoms with Crippen LogP contribution < -0.4 is 5.32 Å². The van der Waals surface area contributed by atoms with E-state index in [1.54, 1.807) is 24.4 Å². The number of aliphatic hydroxyl groups is 1. The maximum Gasteiger partial charge on any atom is 0.335 e. The molecule has 154 valence electrons. The first kappa shape index (κ1) is 20.1. The van der Waals surface area contributed by atoms with E-state index in [0.29, 0.717) is 18.1 Å². The molecule has 1 saturated heterocycles. The van der Waals surface area contributed by atoms with Crippen molar-refractivity contribution in [3.05, 3.63) is 83.9 Å². The fourth-order valence-corrected chi connectivity index (χ4v) is 4.20. The Morgan fingerprint density at radius 3 is 2.77 bits per heavy atom. The SMILES string of the molecule is O=C(O)c1cccc(-n2cccc2C2C(c3ccccn3)NC(=S)N2CCCO)c1. The average molecular weight is 423 g/mol. The van der Waals surface area contributed by atoms with E-state index in [9.17, 15) is 15.0 Å². The topological polar surface area (TPSA) is 90.6 Å². The van der Waals surface area contributed by atoms with Crippen LogP contribution in [0.15, 0.2) is 67.0 Å². The number of carboxylic acids is 1. The Hall–Kier alpha value is -3.23. The highest BCUT2D eigenvalue weighted by atomic mass is 32.1. The minimum atomic E-state index is -0.967. The molecule has 0 radical (unpaired) electrons. The fourth-order valence-electron chi connectivity index (χ4n) is 3.87. The number of benzene rings is 1. The molecule has 4 rings (SSSR count). The van der Waals surface area contributed by atoms with Gasteiger partial charge in [-0.3, -0.25) is 4.98 Å². The van der Waals surface area contributed by atoms with E-state index >= 15 is 0 Å². The van der Waals surface area contributed by atoms with Crippen LogP contribution >= 0.6 is 12.2 Å². The third-order valence-corrected chi connectivity index (χ3v) is 5.56. The molecule has 0 spiro atoms. The van der Waals surface area contributed by atoms with E-state index < -0.39 is 5.97 Å². The van der Waals surface area contributed by atoms with Crippen molar-refractivity contribution in [1.82, 2.24) is 19.8 Å². The van der Waals surface area contributed by atoms with Gasteiger partial charge in [-0.15, -0.1) is 0 Å². The number of nitrogens with one attached hydrogen (secondary N) is 1. The second kappa shape index (κ2) is 8.64. The maximum absolute atomic E-state index is 11.4. The Labute approximate surface area is 179 Å². The van der Waals surface area contributed by atoms with Gasteiger partial charge in [-0.2, -0.15) is 0 Å². The summed E-state index contributed by atoms with van der Waals surface area (Å²) in [5.74, 6) is -0.967. The largest absolute Gasteiger partial charge is 0.478 e. The van der Waals surface area contributed by atoms with Crippen LogP contribution in [-0.2, 0) is 0 Å². The summed E-state index contributed by atoms with van der Waals surface area (Å²) in [7, 11) is 0. The van der Waals surface area contributed by atoms with Gasteiger partial charge in [0.25, 0.3) is 0 Å². The molecule has 0 saturated carbocycles. The highest BCUT2D eigenvalue weighted by Gasteiger charge is 2.40. The number of carbonyl (C=O) groups is 1. The first-order chi connectivity index (χ1) is 14.6. The van der Waals surface area contributed by atoms with Gasteiger partial charge in [0.2, 0.25) is 0 Å². The number of rotatable bonds is 7. The van der Waals surface area contributed by atoms with E-state index in [1.807, 2.05) is 47.2 Å². The maximum atomic E-state index is 11.4. The summed E-state index contributed by atoms with van der Waals surface area (Å²) in [6, 6.07) is 16.2. The van der Waals surface area contributed by atoms with Crippen LogP contribution in [-0.4, -0.2) is 48.9 Å². The molecule has 2 atom stereocenters. The Balaban J connectivity index is 1.79. The van der Waals surface area contributed by atoms with Gasteiger partial charge in [0.1, 0.15) is 0 Å². The van der Waals surface area contributed by atoms with E-state index in [0.717, 1.165) is 17.1 Å². The Kier molecular flexibility index (Phi) is 5.78. The summed E-state index contributed by atoms with van der Waals surface area (Å²) in [5, 5.41) is 22.7. The van der Waals surface area contributed by atoms with Crippen molar-refractivity contribution in [3.8, 4) is 5.69 Å². The van der Waals surface area contributed by atoms with Crippen molar-refractivity contribution in [1.29, 1.82) is 0 Å². The van der Waals surface area contributed by atoms with Gasteiger partial charge in [-0.05, 0) is 61.1 Å². The van der Waals surface area contributed by atoms with Crippen LogP contribution in [0, 0.1) is 0 Å². The minimum Gasteiger partial charge on any atom is -0.478 e. The average Bonchev–Trinajstić information content (AvgIpc) is 3.37. The van der Waals surface area contributed by atoms with Crippen LogP contribution in [0.25, 0.3) is 5.69 Å². The minimum absolute atomic E-state index is 0.0712. The summed E-state index contributed by atoms with van der Waals surface area (Å²) in [6.45, 7) is 0.665. The van der Waals surface area contributed by atoms with Crippen molar-refractivity contribution in [2.75, 3.05) is 13.2 Å². The van der Waals surface area contributed by atoms with Gasteiger partial charge in [0.05, 0.1) is 23.3 Å². The third-order valence-electron chi connectivity index (χ3n) is 5.21. The Morgan fingerprint density at radius 1 is 1.17 bits per heavy atom. The zero-order chi connectivity index (χ0) is 21.1. The van der Waals surface area contributed by atoms with Crippen LogP contribution in [0.4, 0.5) is 0 Å². The molecular formula is C22H22N4O3S. The number of aromatic nitrogens is 2. The number of hydrogen-bond donors (Lipinski definition) is 3. The summed E-state index contributed by atoms with van der Waals surface area (Å²) in [4.78, 5) is 18.0. The molecular weight excluding hydrogens is 400 g/mol. The predicted molar refractivity (Wildman–Crippen MR) is 117 cm³/mol. The molecule has 1 aromatic carbocycles. The third kappa shape index (κ3) is 3.79. The van der Waals surface area contributed by atoms with Crippen molar-refractivity contribution in [2.45, 2.75) is 18.5 Å². The molecule has 0 aliphatic carbocycles. The number of hydrogen-bond acceptors (Lipinski definition) is 4. The Bertz CT molecular complexity index is 1050. The number of carboxylic acid groups (broad SMARTS) is 1. The number of nitrogens with zero attached hydrogens (tertiary/aromatic N) is 3. The highest BCUT2D eigenvalue weighted by Crippen LogP contribution is 2.39. The fraction of sp³-hybridized carbons (Fsp3) is 0.227. The van der Waals surface area contributed by atoms with E-state index in [4.69, 9.17) is 12.2 Å². The molecule has 1 fully saturated rings. The standard InChI is InChI=1S/C22H22N4O3S/c27-13-5-12-26-20(19(24-22(26)30)17-8-1-2-10-23-17)18-9-4-11-25(18)16-7-3-6-15(14-16)21(28)29/h1-4,6-11,14,19-20,27H,5,12-13H2,(H,24,30)(H,28,29). The summed E-state index contributed by atoms with van der Waals surface area (Å²) in [5.41, 5.74) is 2.81. The summed E-state index contributed by atoms with van der Waals surface area (Å²) in [6.07, 6.45) is 4.25. The van der Waals surface area contributed by atoms with Gasteiger partial charge in [-0.1, -0.05) is 12.1 Å². The van der Waals surface area contributed by atoms with Crippen molar-refractivity contribution >= 4 is 23.3 Å². The lowest BCUT2D eigenvalue weighted by atomic mass is 10.0. The first-order valence-corrected chi connectivity index (χ1v) is 10.1. The van der Waals surface area contributed by atoms with Crippen LogP contribution in [0.1, 0.15) is 40.3 Å². The number of aromatic carboxylic acids is 1. The van der Waals surface area contributed by atoms with Crippen molar-refractivity contribution in [2.24, 2.45) is 0 Å². The normalized spacial score (nSPS) is 18.4. The summed E-state index contributed by atoms with van der Waals surface area (Å²) >= 11 is 5.62. The molecule has 0 amide bonds. The van der Waals surface area contributed by atoms with Crippen molar-refractivity contribution in [3.63, 3.8) is 0 Å². The molecule has 8 heteroatoms. The number of thiocarbonyl (C=S) groups is 1. The molecule has 2 unspecified atom stereocenters. The molecule has 2 aromatic heterocycles. The van der Waals surface area contributed by atoms with Gasteiger partial charge in [-0.25, -0.2) is 4.79 Å². The molecule has 3 aromatic rings. The highest BCUT2D eigenvalue weighted by molar-refractivity contribution is 7.80. The molecule has 3 heterocycles. The second-order valence-corrected chi connectivity index (χ2v) is 7.44. The molecule has 30 heavy (non-hydrogen) atoms. The molecule has 7 nitrogen and oxygen atoms in total. The predicted octanol–water partition coefficient (Wildman–Crippen LogP) is 2.93. The molecule has 0 bridgehead atoms. The zero-order valence-corrected chi connectivity index (χ0v) is 17.0. The summed E-state index contributed by atoms with van der Waals surface area (Å²) < 4.78 is 1.98. The lowest BCUT2D eigenvalue weighted by Gasteiger charge is -2.28. The van der Waals surface area contributed by atoms with Crippen LogP contribution in [0.2, 0.25) is 0 Å². The van der Waals surface area contributed by atoms with Gasteiger partial charge < -0.3 is 25.0 Å². The van der Waals surface area contributed by atoms with Crippen LogP contribution in [0.3, 0.4) is 0 Å². The molecule has 1 aliphatic heterocycles. The number of aliphatic hydroxyl groups excluding tert-OH is 1. The lowest BCUT2D eigenvalue weighted by molar-refractivity contribution is 0.0697. The lowest BCUT2D eigenvalue weighted by Crippen LogP contribution is -2.31. The molecule has 3 N–H and O–H groups in total. The van der Waals surface area contributed by atoms with Gasteiger partial charge in [0, 0.05) is 36.9 Å². The number of pyridine rings is 1.